The third-order valence-corrected chi connectivity index (χ3v) is 3.14. The van der Waals surface area contributed by atoms with Gasteiger partial charge in [-0.05, 0) is 47.6 Å². The lowest BCUT2D eigenvalue weighted by Gasteiger charge is -2.21. The van der Waals surface area contributed by atoms with E-state index in [0.29, 0.717) is 41.2 Å². The standard InChI is InChI=1S/C11H13BrFNO2/c1-14-3-2-7-6-8-11(9(12)10(7)13)16-5-4-15-8/h6,14H,2-5H2,1H3. The van der Waals surface area contributed by atoms with Gasteiger partial charge in [-0.15, -0.1) is 0 Å². The fraction of sp³-hybridized carbons (Fsp3) is 0.455. The molecule has 1 aliphatic heterocycles. The third-order valence-electron chi connectivity index (χ3n) is 2.43. The summed E-state index contributed by atoms with van der Waals surface area (Å²) in [5, 5.41) is 2.99. The molecule has 0 amide bonds. The molecule has 88 valence electrons. The number of benzene rings is 1. The number of fused-ring (bicyclic) bond motifs is 1. The van der Waals surface area contributed by atoms with Crippen molar-refractivity contribution in [3.05, 3.63) is 21.9 Å². The van der Waals surface area contributed by atoms with Crippen LogP contribution < -0.4 is 14.8 Å². The van der Waals surface area contributed by atoms with E-state index < -0.39 is 0 Å². The van der Waals surface area contributed by atoms with Crippen LogP contribution in [0, 0.1) is 5.82 Å². The zero-order valence-electron chi connectivity index (χ0n) is 8.98. The van der Waals surface area contributed by atoms with Gasteiger partial charge in [0, 0.05) is 0 Å². The van der Waals surface area contributed by atoms with Gasteiger partial charge in [0.1, 0.15) is 19.0 Å². The minimum Gasteiger partial charge on any atom is -0.486 e. The van der Waals surface area contributed by atoms with Crippen molar-refractivity contribution in [3.8, 4) is 11.5 Å². The predicted molar refractivity (Wildman–Crippen MR) is 62.7 cm³/mol. The first-order chi connectivity index (χ1) is 7.74. The van der Waals surface area contributed by atoms with Crippen molar-refractivity contribution in [2.24, 2.45) is 0 Å². The molecule has 0 aliphatic carbocycles. The summed E-state index contributed by atoms with van der Waals surface area (Å²) < 4.78 is 25.1. The summed E-state index contributed by atoms with van der Waals surface area (Å²) in [6, 6.07) is 1.71. The lowest BCUT2D eigenvalue weighted by molar-refractivity contribution is 0.169. The van der Waals surface area contributed by atoms with Crippen LogP contribution in [0.4, 0.5) is 4.39 Å². The Balaban J connectivity index is 2.36. The zero-order valence-corrected chi connectivity index (χ0v) is 10.6. The quantitative estimate of drug-likeness (QED) is 0.925. The van der Waals surface area contributed by atoms with E-state index in [0.717, 1.165) is 6.54 Å². The Morgan fingerprint density at radius 3 is 2.94 bits per heavy atom. The lowest BCUT2D eigenvalue weighted by Crippen LogP contribution is -2.17. The molecule has 3 nitrogen and oxygen atoms in total. The number of ether oxygens (including phenoxy) is 2. The Morgan fingerprint density at radius 2 is 2.19 bits per heavy atom. The maximum absolute atomic E-state index is 13.9. The van der Waals surface area contributed by atoms with E-state index in [2.05, 4.69) is 21.2 Å². The fourth-order valence-corrected chi connectivity index (χ4v) is 2.18. The maximum Gasteiger partial charge on any atom is 0.178 e. The van der Waals surface area contributed by atoms with Gasteiger partial charge in [-0.2, -0.15) is 0 Å². The topological polar surface area (TPSA) is 30.5 Å². The van der Waals surface area contributed by atoms with E-state index in [4.69, 9.17) is 9.47 Å². The fourth-order valence-electron chi connectivity index (χ4n) is 1.61. The minimum atomic E-state index is -0.264. The Labute approximate surface area is 102 Å². The Morgan fingerprint density at radius 1 is 1.44 bits per heavy atom. The number of hydrogen-bond acceptors (Lipinski definition) is 3. The molecular formula is C11H13BrFNO2. The summed E-state index contributed by atoms with van der Waals surface area (Å²) in [5.74, 6) is 0.821. The Bertz CT molecular complexity index is 398. The van der Waals surface area contributed by atoms with Gasteiger partial charge in [0.15, 0.2) is 11.5 Å². The molecule has 1 aromatic rings. The number of hydrogen-bond donors (Lipinski definition) is 1. The highest BCUT2D eigenvalue weighted by molar-refractivity contribution is 9.10. The van der Waals surface area contributed by atoms with Crippen LogP contribution in [0.5, 0.6) is 11.5 Å². The van der Waals surface area contributed by atoms with Gasteiger partial charge >= 0.3 is 0 Å². The second kappa shape index (κ2) is 5.01. The van der Waals surface area contributed by atoms with Crippen LogP contribution in [0.2, 0.25) is 0 Å². The van der Waals surface area contributed by atoms with Crippen molar-refractivity contribution in [1.29, 1.82) is 0 Å². The highest BCUT2D eigenvalue weighted by Gasteiger charge is 2.21. The van der Waals surface area contributed by atoms with Crippen LogP contribution >= 0.6 is 15.9 Å². The molecule has 16 heavy (non-hydrogen) atoms. The second-order valence-corrected chi connectivity index (χ2v) is 4.33. The van der Waals surface area contributed by atoms with Crippen molar-refractivity contribution in [2.75, 3.05) is 26.8 Å². The van der Waals surface area contributed by atoms with Gasteiger partial charge in [0.2, 0.25) is 0 Å². The van der Waals surface area contributed by atoms with E-state index in [1.165, 1.54) is 0 Å². The molecule has 0 spiro atoms. The van der Waals surface area contributed by atoms with Crippen LogP contribution in [0.3, 0.4) is 0 Å². The van der Waals surface area contributed by atoms with Crippen LogP contribution in [0.25, 0.3) is 0 Å². The SMILES string of the molecule is CNCCc1cc2c(c(Br)c1F)OCCO2. The summed E-state index contributed by atoms with van der Waals surface area (Å²) in [5.41, 5.74) is 0.630. The Hall–Kier alpha value is -0.810. The lowest BCUT2D eigenvalue weighted by atomic mass is 10.1. The monoisotopic (exact) mass is 289 g/mol. The van der Waals surface area contributed by atoms with Gasteiger partial charge in [0.25, 0.3) is 0 Å². The Kier molecular flexibility index (Phi) is 3.66. The zero-order chi connectivity index (χ0) is 11.5. The van der Waals surface area contributed by atoms with Gasteiger partial charge in [-0.1, -0.05) is 0 Å². The molecule has 1 aromatic carbocycles. The molecular weight excluding hydrogens is 277 g/mol. The molecule has 5 heteroatoms. The summed E-state index contributed by atoms with van der Waals surface area (Å²) in [7, 11) is 1.84. The van der Waals surface area contributed by atoms with Gasteiger partial charge in [0.05, 0.1) is 4.47 Å². The number of rotatable bonds is 3. The van der Waals surface area contributed by atoms with E-state index in [-0.39, 0.29) is 5.82 Å². The second-order valence-electron chi connectivity index (χ2n) is 3.54. The molecule has 0 saturated heterocycles. The van der Waals surface area contributed by atoms with E-state index in [9.17, 15) is 4.39 Å². The first-order valence-electron chi connectivity index (χ1n) is 5.15. The van der Waals surface area contributed by atoms with Crippen molar-refractivity contribution in [2.45, 2.75) is 6.42 Å². The van der Waals surface area contributed by atoms with Crippen LogP contribution in [-0.2, 0) is 6.42 Å². The molecule has 2 rings (SSSR count). The normalized spacial score (nSPS) is 13.9. The van der Waals surface area contributed by atoms with Crippen molar-refractivity contribution in [3.63, 3.8) is 0 Å². The van der Waals surface area contributed by atoms with Gasteiger partial charge < -0.3 is 14.8 Å². The first-order valence-corrected chi connectivity index (χ1v) is 5.94. The van der Waals surface area contributed by atoms with Crippen molar-refractivity contribution >= 4 is 15.9 Å². The molecule has 1 heterocycles. The van der Waals surface area contributed by atoms with Crippen LogP contribution in [0.15, 0.2) is 10.5 Å². The smallest absolute Gasteiger partial charge is 0.178 e. The highest BCUT2D eigenvalue weighted by atomic mass is 79.9. The molecule has 0 radical (unpaired) electrons. The van der Waals surface area contributed by atoms with Crippen LogP contribution in [-0.4, -0.2) is 26.8 Å². The van der Waals surface area contributed by atoms with E-state index in [1.54, 1.807) is 6.07 Å². The molecule has 0 atom stereocenters. The molecule has 0 bridgehead atoms. The summed E-state index contributed by atoms with van der Waals surface area (Å²) in [6.07, 6.45) is 0.623. The highest BCUT2D eigenvalue weighted by Crippen LogP contribution is 2.40. The van der Waals surface area contributed by atoms with E-state index in [1.807, 2.05) is 7.05 Å². The molecule has 0 saturated carbocycles. The first kappa shape index (κ1) is 11.7. The summed E-state index contributed by atoms with van der Waals surface area (Å²) in [6.45, 7) is 1.69. The molecule has 1 aliphatic rings. The third kappa shape index (κ3) is 2.15. The van der Waals surface area contributed by atoms with Gasteiger partial charge in [-0.3, -0.25) is 0 Å². The van der Waals surface area contributed by atoms with Crippen molar-refractivity contribution < 1.29 is 13.9 Å². The predicted octanol–water partition coefficient (Wildman–Crippen LogP) is 2.12. The molecule has 0 aromatic heterocycles. The van der Waals surface area contributed by atoms with E-state index >= 15 is 0 Å². The average Bonchev–Trinajstić information content (AvgIpc) is 2.32. The van der Waals surface area contributed by atoms with Crippen LogP contribution in [0.1, 0.15) is 5.56 Å². The molecule has 1 N–H and O–H groups in total. The summed E-state index contributed by atoms with van der Waals surface area (Å²) >= 11 is 3.21. The minimum absolute atomic E-state index is 0.264. The summed E-state index contributed by atoms with van der Waals surface area (Å²) in [4.78, 5) is 0. The van der Waals surface area contributed by atoms with Gasteiger partial charge in [-0.25, -0.2) is 4.39 Å². The van der Waals surface area contributed by atoms with Crippen molar-refractivity contribution in [1.82, 2.24) is 5.32 Å². The molecule has 0 unspecified atom stereocenters. The largest absolute Gasteiger partial charge is 0.486 e. The average molecular weight is 290 g/mol. The maximum atomic E-state index is 13.9. The number of nitrogens with one attached hydrogen (secondary N) is 1. The molecule has 0 fully saturated rings. The number of halogens is 2. The number of likely N-dealkylation sites (N-methyl/N-ethyl adjacent to an activating group) is 1.